The van der Waals surface area contributed by atoms with Crippen molar-refractivity contribution in [3.63, 3.8) is 0 Å². The first-order valence-electron chi connectivity index (χ1n) is 6.31. The fourth-order valence-electron chi connectivity index (χ4n) is 1.99. The molecular formula is C14H19N3O. The maximum atomic E-state index is 10.2. The highest BCUT2D eigenvalue weighted by atomic mass is 16.3. The lowest BCUT2D eigenvalue weighted by atomic mass is 10.1. The Morgan fingerprint density at radius 3 is 2.89 bits per heavy atom. The van der Waals surface area contributed by atoms with E-state index in [-0.39, 0.29) is 0 Å². The van der Waals surface area contributed by atoms with E-state index >= 15 is 0 Å². The summed E-state index contributed by atoms with van der Waals surface area (Å²) in [4.78, 5) is 8.51. The maximum absolute atomic E-state index is 10.2. The predicted molar refractivity (Wildman–Crippen MR) is 70.2 cm³/mol. The van der Waals surface area contributed by atoms with Crippen LogP contribution in [0.15, 0.2) is 30.7 Å². The molecule has 0 fully saturated rings. The Kier molecular flexibility index (Phi) is 4.10. The number of hydrogen-bond acceptors (Lipinski definition) is 3. The van der Waals surface area contributed by atoms with Crippen LogP contribution in [0.1, 0.15) is 36.5 Å². The molecule has 0 bridgehead atoms. The Hall–Kier alpha value is -1.68. The Bertz CT molecular complexity index is 507. The van der Waals surface area contributed by atoms with Gasteiger partial charge < -0.3 is 9.67 Å². The molecule has 2 aromatic heterocycles. The molecule has 2 aromatic rings. The van der Waals surface area contributed by atoms with E-state index in [1.54, 1.807) is 12.4 Å². The molecule has 0 aromatic carbocycles. The number of nitrogens with zero attached hydrogens (tertiary/aromatic N) is 3. The van der Waals surface area contributed by atoms with E-state index in [0.717, 1.165) is 24.4 Å². The lowest BCUT2D eigenvalue weighted by Crippen LogP contribution is -2.10. The lowest BCUT2D eigenvalue weighted by Gasteiger charge is -2.12. The van der Waals surface area contributed by atoms with Gasteiger partial charge in [-0.1, -0.05) is 6.92 Å². The Labute approximate surface area is 107 Å². The fraction of sp³-hybridized carbons (Fsp3) is 0.429. The summed E-state index contributed by atoms with van der Waals surface area (Å²) in [5.41, 5.74) is 1.82. The molecule has 0 saturated carbocycles. The molecule has 2 rings (SSSR count). The third-order valence-electron chi connectivity index (χ3n) is 2.92. The number of hydrogen-bond donors (Lipinski definition) is 1. The summed E-state index contributed by atoms with van der Waals surface area (Å²) < 4.78 is 2.08. The van der Waals surface area contributed by atoms with Gasteiger partial charge in [0, 0.05) is 31.6 Å². The zero-order valence-electron chi connectivity index (χ0n) is 10.9. The first-order valence-corrected chi connectivity index (χ1v) is 6.31. The zero-order chi connectivity index (χ0) is 13.0. The molecule has 2 heterocycles. The number of aryl methyl sites for hydroxylation is 2. The summed E-state index contributed by atoms with van der Waals surface area (Å²) >= 11 is 0. The van der Waals surface area contributed by atoms with Crippen molar-refractivity contribution >= 4 is 0 Å². The van der Waals surface area contributed by atoms with Crippen LogP contribution in [-0.4, -0.2) is 19.6 Å². The number of aliphatic hydroxyl groups is 1. The van der Waals surface area contributed by atoms with Crippen LogP contribution in [0.5, 0.6) is 0 Å². The number of aromatic nitrogens is 3. The molecular weight excluding hydrogens is 226 g/mol. The van der Waals surface area contributed by atoms with E-state index in [0.29, 0.717) is 12.1 Å². The summed E-state index contributed by atoms with van der Waals surface area (Å²) in [6.07, 6.45) is 6.43. The van der Waals surface area contributed by atoms with Crippen molar-refractivity contribution in [2.45, 2.75) is 39.3 Å². The van der Waals surface area contributed by atoms with Crippen molar-refractivity contribution in [2.75, 3.05) is 0 Å². The minimum atomic E-state index is -0.595. The molecule has 0 aliphatic carbocycles. The highest BCUT2D eigenvalue weighted by Gasteiger charge is 2.13. The van der Waals surface area contributed by atoms with Gasteiger partial charge in [-0.15, -0.1) is 0 Å². The van der Waals surface area contributed by atoms with Gasteiger partial charge in [-0.2, -0.15) is 0 Å². The molecule has 4 heteroatoms. The van der Waals surface area contributed by atoms with Crippen LogP contribution in [0, 0.1) is 6.92 Å². The fourth-order valence-corrected chi connectivity index (χ4v) is 1.99. The molecule has 18 heavy (non-hydrogen) atoms. The summed E-state index contributed by atoms with van der Waals surface area (Å²) in [5.74, 6) is 0.910. The number of pyridine rings is 1. The zero-order valence-corrected chi connectivity index (χ0v) is 10.9. The monoisotopic (exact) mass is 245 g/mol. The van der Waals surface area contributed by atoms with Crippen LogP contribution < -0.4 is 0 Å². The van der Waals surface area contributed by atoms with E-state index in [2.05, 4.69) is 21.5 Å². The molecule has 0 amide bonds. The molecule has 0 radical (unpaired) electrons. The van der Waals surface area contributed by atoms with Crippen LogP contribution in [0.2, 0.25) is 0 Å². The summed E-state index contributed by atoms with van der Waals surface area (Å²) in [7, 11) is 0. The highest BCUT2D eigenvalue weighted by Crippen LogP contribution is 2.16. The highest BCUT2D eigenvalue weighted by molar-refractivity contribution is 5.17. The van der Waals surface area contributed by atoms with E-state index in [4.69, 9.17) is 0 Å². The van der Waals surface area contributed by atoms with Crippen molar-refractivity contribution in [3.05, 3.63) is 47.8 Å². The lowest BCUT2D eigenvalue weighted by molar-refractivity contribution is 0.169. The third kappa shape index (κ3) is 2.96. The predicted octanol–water partition coefficient (Wildman–Crippen LogP) is 2.27. The standard InChI is InChI=1S/C14H19N3O/c1-3-7-17-8-6-16-14(17)10-13(18)12-9-11(2)4-5-15-12/h4-6,8-9,13,18H,3,7,10H2,1-2H3. The second kappa shape index (κ2) is 5.78. The van der Waals surface area contributed by atoms with Gasteiger partial charge in [0.1, 0.15) is 11.9 Å². The minimum absolute atomic E-state index is 0.503. The first kappa shape index (κ1) is 12.8. The van der Waals surface area contributed by atoms with Crippen LogP contribution in [0.3, 0.4) is 0 Å². The van der Waals surface area contributed by atoms with Gasteiger partial charge >= 0.3 is 0 Å². The van der Waals surface area contributed by atoms with E-state index in [1.165, 1.54) is 0 Å². The van der Waals surface area contributed by atoms with Gasteiger partial charge in [0.25, 0.3) is 0 Å². The summed E-state index contributed by atoms with van der Waals surface area (Å²) in [5, 5.41) is 10.2. The topological polar surface area (TPSA) is 50.9 Å². The number of rotatable bonds is 5. The van der Waals surface area contributed by atoms with Crippen molar-refractivity contribution in [1.82, 2.24) is 14.5 Å². The molecule has 4 nitrogen and oxygen atoms in total. The van der Waals surface area contributed by atoms with Crippen molar-refractivity contribution in [3.8, 4) is 0 Å². The number of aliphatic hydroxyl groups excluding tert-OH is 1. The molecule has 1 N–H and O–H groups in total. The molecule has 96 valence electrons. The van der Waals surface area contributed by atoms with E-state index < -0.39 is 6.10 Å². The first-order chi connectivity index (χ1) is 8.70. The summed E-state index contributed by atoms with van der Waals surface area (Å²) in [6.45, 7) is 5.06. The summed E-state index contributed by atoms with van der Waals surface area (Å²) in [6, 6.07) is 3.84. The largest absolute Gasteiger partial charge is 0.386 e. The normalized spacial score (nSPS) is 12.6. The molecule has 0 aliphatic heterocycles. The van der Waals surface area contributed by atoms with Gasteiger partial charge in [0.2, 0.25) is 0 Å². The van der Waals surface area contributed by atoms with Crippen molar-refractivity contribution < 1.29 is 5.11 Å². The average Bonchev–Trinajstić information content (AvgIpc) is 2.77. The Morgan fingerprint density at radius 2 is 2.17 bits per heavy atom. The second-order valence-corrected chi connectivity index (χ2v) is 4.51. The third-order valence-corrected chi connectivity index (χ3v) is 2.92. The maximum Gasteiger partial charge on any atom is 0.111 e. The molecule has 1 atom stereocenters. The van der Waals surface area contributed by atoms with Gasteiger partial charge in [-0.05, 0) is 31.0 Å². The van der Waals surface area contributed by atoms with Gasteiger partial charge in [0.15, 0.2) is 0 Å². The molecule has 0 spiro atoms. The van der Waals surface area contributed by atoms with Crippen LogP contribution >= 0.6 is 0 Å². The smallest absolute Gasteiger partial charge is 0.111 e. The SMILES string of the molecule is CCCn1ccnc1CC(O)c1cc(C)ccn1. The van der Waals surface area contributed by atoms with Crippen LogP contribution in [0.25, 0.3) is 0 Å². The van der Waals surface area contributed by atoms with Crippen molar-refractivity contribution in [2.24, 2.45) is 0 Å². The van der Waals surface area contributed by atoms with Crippen molar-refractivity contribution in [1.29, 1.82) is 0 Å². The molecule has 0 saturated heterocycles. The van der Waals surface area contributed by atoms with Gasteiger partial charge in [-0.25, -0.2) is 4.98 Å². The Balaban J connectivity index is 2.11. The van der Waals surface area contributed by atoms with Gasteiger partial charge in [0.05, 0.1) is 5.69 Å². The minimum Gasteiger partial charge on any atom is -0.386 e. The van der Waals surface area contributed by atoms with E-state index in [1.807, 2.05) is 25.3 Å². The van der Waals surface area contributed by atoms with Gasteiger partial charge in [-0.3, -0.25) is 4.98 Å². The van der Waals surface area contributed by atoms with E-state index in [9.17, 15) is 5.11 Å². The average molecular weight is 245 g/mol. The van der Waals surface area contributed by atoms with Crippen LogP contribution in [0.4, 0.5) is 0 Å². The quantitative estimate of drug-likeness (QED) is 0.879. The Morgan fingerprint density at radius 1 is 1.33 bits per heavy atom. The van der Waals surface area contributed by atoms with Crippen LogP contribution in [-0.2, 0) is 13.0 Å². The molecule has 1 unspecified atom stereocenters. The molecule has 0 aliphatic rings. The number of imidazole rings is 1. The second-order valence-electron chi connectivity index (χ2n) is 4.51.